The first-order valence-electron chi connectivity index (χ1n) is 3.40. The molecule has 0 aromatic carbocycles. The average molecular weight is 263 g/mol. The van der Waals surface area contributed by atoms with Crippen LogP contribution in [0, 0.1) is 20.8 Å². The number of aromatic nitrogens is 1. The predicted molar refractivity (Wildman–Crippen MR) is 54.3 cm³/mol. The number of hydrogen-bond acceptors (Lipinski definition) is 1. The van der Waals surface area contributed by atoms with Crippen LogP contribution in [0.3, 0.4) is 0 Å². The molecule has 0 amide bonds. The summed E-state index contributed by atoms with van der Waals surface area (Å²) in [6.07, 6.45) is 0. The van der Waals surface area contributed by atoms with Gasteiger partial charge < -0.3 is 0 Å². The third-order valence-electron chi connectivity index (χ3n) is 1.83. The number of aryl methyl sites for hydroxylation is 2. The fraction of sp³-hybridized carbons (Fsp3) is 0.375. The van der Waals surface area contributed by atoms with E-state index in [9.17, 15) is 4.79 Å². The molecule has 60 valence electrons. The maximum absolute atomic E-state index is 11.4. The van der Waals surface area contributed by atoms with Crippen molar-refractivity contribution >= 4 is 22.9 Å². The van der Waals surface area contributed by atoms with Gasteiger partial charge in [-0.25, -0.2) is 0 Å². The molecular formula is C8H10INO. The van der Waals surface area contributed by atoms with Crippen LogP contribution >= 0.6 is 22.9 Å². The molecule has 0 saturated heterocycles. The van der Waals surface area contributed by atoms with E-state index in [1.54, 1.807) is 2.78 Å². The summed E-state index contributed by atoms with van der Waals surface area (Å²) in [5.74, 6) is 0. The third kappa shape index (κ3) is 1.47. The lowest BCUT2D eigenvalue weighted by molar-refractivity contribution is 1.06. The zero-order valence-electron chi connectivity index (χ0n) is 6.81. The van der Waals surface area contributed by atoms with Gasteiger partial charge >= 0.3 is 0 Å². The van der Waals surface area contributed by atoms with E-state index in [1.807, 2.05) is 49.7 Å². The Bertz CT molecular complexity index is 311. The van der Waals surface area contributed by atoms with Gasteiger partial charge in [0.15, 0.2) is 0 Å². The topological polar surface area (TPSA) is 22.0 Å². The molecule has 1 rings (SSSR count). The molecule has 0 unspecified atom stereocenters. The van der Waals surface area contributed by atoms with Gasteiger partial charge in [-0.15, -0.1) is 0 Å². The van der Waals surface area contributed by atoms with Gasteiger partial charge in [0.25, 0.3) is 5.56 Å². The van der Waals surface area contributed by atoms with Crippen LogP contribution in [-0.2, 0) is 0 Å². The molecule has 1 heterocycles. The summed E-state index contributed by atoms with van der Waals surface area (Å²) in [5.41, 5.74) is 3.01. The lowest BCUT2D eigenvalue weighted by Crippen LogP contribution is -2.18. The molecule has 0 atom stereocenters. The van der Waals surface area contributed by atoms with Crippen molar-refractivity contribution in [1.82, 2.24) is 2.78 Å². The van der Waals surface area contributed by atoms with Crippen molar-refractivity contribution in [3.8, 4) is 0 Å². The Labute approximate surface area is 79.7 Å². The molecule has 1 aromatic rings. The fourth-order valence-corrected chi connectivity index (χ4v) is 1.46. The number of nitrogens with zero attached hydrogens (tertiary/aromatic N) is 1. The lowest BCUT2D eigenvalue weighted by atomic mass is 10.1. The Morgan fingerprint density at radius 2 is 1.91 bits per heavy atom. The molecule has 1 aromatic heterocycles. The van der Waals surface area contributed by atoms with Crippen molar-refractivity contribution in [3.63, 3.8) is 0 Å². The van der Waals surface area contributed by atoms with Gasteiger partial charge in [-0.05, 0) is 32.4 Å². The molecule has 0 aliphatic carbocycles. The quantitative estimate of drug-likeness (QED) is 0.656. The SMILES string of the molecule is Cc1cc(C)n(I)c(=O)c1C. The van der Waals surface area contributed by atoms with Crippen molar-refractivity contribution in [2.45, 2.75) is 20.8 Å². The summed E-state index contributed by atoms with van der Waals surface area (Å²) < 4.78 is 1.64. The number of halogens is 1. The Morgan fingerprint density at radius 1 is 1.36 bits per heavy atom. The van der Waals surface area contributed by atoms with Crippen LogP contribution < -0.4 is 5.56 Å². The highest BCUT2D eigenvalue weighted by Gasteiger charge is 2.02. The van der Waals surface area contributed by atoms with E-state index in [2.05, 4.69) is 0 Å². The standard InChI is InChI=1S/C8H10INO/c1-5-4-6(2)10(9)8(11)7(5)3/h4H,1-3H3. The molecule has 3 heteroatoms. The third-order valence-corrected chi connectivity index (χ3v) is 3.02. The van der Waals surface area contributed by atoms with Gasteiger partial charge in [-0.2, -0.15) is 0 Å². The Kier molecular flexibility index (Phi) is 2.37. The molecule has 0 fully saturated rings. The molecule has 0 aliphatic heterocycles. The lowest BCUT2D eigenvalue weighted by Gasteiger charge is -2.04. The minimum absolute atomic E-state index is 0.100. The van der Waals surface area contributed by atoms with Crippen LogP contribution in [0.5, 0.6) is 0 Å². The minimum Gasteiger partial charge on any atom is -0.268 e. The average Bonchev–Trinajstić information content (AvgIpc) is 1.97. The van der Waals surface area contributed by atoms with Crippen LogP contribution in [0.4, 0.5) is 0 Å². The highest BCUT2D eigenvalue weighted by molar-refractivity contribution is 14.1. The highest BCUT2D eigenvalue weighted by Crippen LogP contribution is 2.06. The summed E-state index contributed by atoms with van der Waals surface area (Å²) in [6, 6.07) is 2.02. The molecule has 0 saturated carbocycles. The van der Waals surface area contributed by atoms with E-state index in [0.29, 0.717) is 0 Å². The van der Waals surface area contributed by atoms with Crippen LogP contribution in [0.25, 0.3) is 0 Å². The highest BCUT2D eigenvalue weighted by atomic mass is 127. The van der Waals surface area contributed by atoms with Gasteiger partial charge in [-0.3, -0.25) is 7.58 Å². The van der Waals surface area contributed by atoms with Crippen molar-refractivity contribution in [1.29, 1.82) is 0 Å². The van der Waals surface area contributed by atoms with E-state index in [1.165, 1.54) is 0 Å². The van der Waals surface area contributed by atoms with Gasteiger partial charge in [0.2, 0.25) is 0 Å². The first-order chi connectivity index (χ1) is 5.04. The molecule has 2 nitrogen and oxygen atoms in total. The van der Waals surface area contributed by atoms with E-state index in [-0.39, 0.29) is 5.56 Å². The second-order valence-electron chi connectivity index (χ2n) is 2.68. The first kappa shape index (κ1) is 8.77. The zero-order chi connectivity index (χ0) is 8.59. The van der Waals surface area contributed by atoms with Crippen LogP contribution in [0.2, 0.25) is 0 Å². The maximum Gasteiger partial charge on any atom is 0.262 e. The number of pyridine rings is 1. The van der Waals surface area contributed by atoms with Crippen LogP contribution in [0.15, 0.2) is 10.9 Å². The maximum atomic E-state index is 11.4. The largest absolute Gasteiger partial charge is 0.268 e. The van der Waals surface area contributed by atoms with Gasteiger partial charge in [0.05, 0.1) is 22.9 Å². The summed E-state index contributed by atoms with van der Waals surface area (Å²) in [5, 5.41) is 0. The molecule has 0 bridgehead atoms. The number of rotatable bonds is 0. The molecule has 0 N–H and O–H groups in total. The van der Waals surface area contributed by atoms with Crippen LogP contribution in [-0.4, -0.2) is 2.78 Å². The van der Waals surface area contributed by atoms with Crippen molar-refractivity contribution in [2.75, 3.05) is 0 Å². The first-order valence-corrected chi connectivity index (χ1v) is 4.36. The minimum atomic E-state index is 0.100. The van der Waals surface area contributed by atoms with Crippen molar-refractivity contribution in [3.05, 3.63) is 33.2 Å². The monoisotopic (exact) mass is 263 g/mol. The Balaban J connectivity index is 3.59. The van der Waals surface area contributed by atoms with Crippen molar-refractivity contribution in [2.24, 2.45) is 0 Å². The molecule has 0 aliphatic rings. The predicted octanol–water partition coefficient (Wildman–Crippen LogP) is 1.97. The normalized spacial score (nSPS) is 10.2. The summed E-state index contributed by atoms with van der Waals surface area (Å²) in [7, 11) is 0. The molecular weight excluding hydrogens is 253 g/mol. The van der Waals surface area contributed by atoms with E-state index >= 15 is 0 Å². The van der Waals surface area contributed by atoms with E-state index in [0.717, 1.165) is 16.8 Å². The summed E-state index contributed by atoms with van der Waals surface area (Å²) >= 11 is 2.02. The Morgan fingerprint density at radius 3 is 2.45 bits per heavy atom. The molecule has 0 spiro atoms. The second kappa shape index (κ2) is 2.97. The summed E-state index contributed by atoms with van der Waals surface area (Å²) in [4.78, 5) is 11.4. The van der Waals surface area contributed by atoms with Gasteiger partial charge in [0, 0.05) is 11.3 Å². The van der Waals surface area contributed by atoms with Crippen LogP contribution in [0.1, 0.15) is 16.8 Å². The summed E-state index contributed by atoms with van der Waals surface area (Å²) in [6.45, 7) is 5.74. The van der Waals surface area contributed by atoms with Gasteiger partial charge in [-0.1, -0.05) is 0 Å². The van der Waals surface area contributed by atoms with Crippen molar-refractivity contribution < 1.29 is 0 Å². The number of hydrogen-bond donors (Lipinski definition) is 0. The van der Waals surface area contributed by atoms with E-state index in [4.69, 9.17) is 0 Å². The molecule has 0 radical (unpaired) electrons. The van der Waals surface area contributed by atoms with E-state index < -0.39 is 0 Å². The zero-order valence-corrected chi connectivity index (χ0v) is 8.97. The Hall–Kier alpha value is -0.320. The second-order valence-corrected chi connectivity index (χ2v) is 3.64. The molecule has 11 heavy (non-hydrogen) atoms. The smallest absolute Gasteiger partial charge is 0.262 e. The fourth-order valence-electron chi connectivity index (χ4n) is 0.954. The van der Waals surface area contributed by atoms with Gasteiger partial charge in [0.1, 0.15) is 0 Å².